The van der Waals surface area contributed by atoms with E-state index >= 15 is 0 Å². The first-order chi connectivity index (χ1) is 14.0. The number of carboxylic acid groups (broad SMARTS) is 1. The zero-order valence-corrected chi connectivity index (χ0v) is 17.1. The van der Waals surface area contributed by atoms with Crippen LogP contribution in [0.5, 0.6) is 0 Å². The molecule has 0 bridgehead atoms. The van der Waals surface area contributed by atoms with Crippen LogP contribution in [0.3, 0.4) is 0 Å². The minimum atomic E-state index is -0.873. The van der Waals surface area contributed by atoms with Crippen molar-refractivity contribution in [2.75, 3.05) is 0 Å². The summed E-state index contributed by atoms with van der Waals surface area (Å²) >= 11 is 1.52. The SMILES string of the molecule is Cc1nn(Cc2ccccc2)c(C)c1/C=C(\CC(=O)O)c1nc2ccccc2s1. The van der Waals surface area contributed by atoms with Gasteiger partial charge in [0, 0.05) is 11.3 Å². The first-order valence-corrected chi connectivity index (χ1v) is 10.2. The van der Waals surface area contributed by atoms with Crippen LogP contribution < -0.4 is 0 Å². The lowest BCUT2D eigenvalue weighted by atomic mass is 10.1. The number of carboxylic acids is 1. The maximum absolute atomic E-state index is 11.5. The Morgan fingerprint density at radius 1 is 1.10 bits per heavy atom. The average Bonchev–Trinajstić information content (AvgIpc) is 3.24. The fourth-order valence-corrected chi connectivity index (χ4v) is 4.34. The number of nitrogens with zero attached hydrogens (tertiary/aromatic N) is 3. The van der Waals surface area contributed by atoms with Gasteiger partial charge in [-0.15, -0.1) is 11.3 Å². The lowest BCUT2D eigenvalue weighted by Crippen LogP contribution is -2.04. The molecule has 0 atom stereocenters. The fraction of sp³-hybridized carbons (Fsp3) is 0.174. The molecule has 2 aromatic carbocycles. The molecule has 2 aromatic heterocycles. The van der Waals surface area contributed by atoms with Crippen LogP contribution in [0.1, 0.15) is 33.9 Å². The van der Waals surface area contributed by atoms with Gasteiger partial charge in [0.15, 0.2) is 0 Å². The lowest BCUT2D eigenvalue weighted by Gasteiger charge is -2.05. The lowest BCUT2D eigenvalue weighted by molar-refractivity contribution is -0.135. The van der Waals surface area contributed by atoms with E-state index in [9.17, 15) is 9.90 Å². The van der Waals surface area contributed by atoms with Crippen molar-refractivity contribution in [3.05, 3.63) is 82.1 Å². The third-order valence-electron chi connectivity index (χ3n) is 4.84. The Labute approximate surface area is 173 Å². The Morgan fingerprint density at radius 3 is 2.55 bits per heavy atom. The molecule has 146 valence electrons. The van der Waals surface area contributed by atoms with Gasteiger partial charge < -0.3 is 5.11 Å². The molecule has 6 heteroatoms. The molecule has 0 amide bonds. The number of aryl methyl sites for hydroxylation is 1. The largest absolute Gasteiger partial charge is 0.481 e. The molecule has 0 aliphatic rings. The number of para-hydroxylation sites is 1. The van der Waals surface area contributed by atoms with E-state index in [1.165, 1.54) is 16.9 Å². The normalized spacial score (nSPS) is 11.9. The van der Waals surface area contributed by atoms with E-state index in [0.29, 0.717) is 12.1 Å². The summed E-state index contributed by atoms with van der Waals surface area (Å²) in [6.07, 6.45) is 1.85. The molecule has 0 aliphatic carbocycles. The van der Waals surface area contributed by atoms with Gasteiger partial charge >= 0.3 is 5.97 Å². The van der Waals surface area contributed by atoms with Crippen molar-refractivity contribution in [1.82, 2.24) is 14.8 Å². The second kappa shape index (κ2) is 8.01. The number of hydrogen-bond donors (Lipinski definition) is 1. The van der Waals surface area contributed by atoms with Crippen molar-refractivity contribution in [3.8, 4) is 0 Å². The number of aromatic nitrogens is 3. The van der Waals surface area contributed by atoms with Gasteiger partial charge in [-0.1, -0.05) is 42.5 Å². The van der Waals surface area contributed by atoms with Gasteiger partial charge in [-0.3, -0.25) is 9.48 Å². The molecule has 0 unspecified atom stereocenters. The molecular weight excluding hydrogens is 382 g/mol. The smallest absolute Gasteiger partial charge is 0.307 e. The molecule has 0 saturated carbocycles. The van der Waals surface area contributed by atoms with E-state index in [1.54, 1.807) is 0 Å². The van der Waals surface area contributed by atoms with E-state index in [-0.39, 0.29) is 6.42 Å². The Balaban J connectivity index is 1.75. The van der Waals surface area contributed by atoms with Crippen molar-refractivity contribution in [2.24, 2.45) is 0 Å². The summed E-state index contributed by atoms with van der Waals surface area (Å²) in [5, 5.41) is 14.9. The summed E-state index contributed by atoms with van der Waals surface area (Å²) in [4.78, 5) is 16.2. The number of benzene rings is 2. The molecule has 1 N–H and O–H groups in total. The second-order valence-electron chi connectivity index (χ2n) is 6.95. The van der Waals surface area contributed by atoms with Crippen LogP contribution in [-0.2, 0) is 11.3 Å². The molecule has 0 saturated heterocycles. The minimum Gasteiger partial charge on any atom is -0.481 e. The second-order valence-corrected chi connectivity index (χ2v) is 7.99. The van der Waals surface area contributed by atoms with Gasteiger partial charge in [-0.2, -0.15) is 5.10 Å². The summed E-state index contributed by atoms with van der Waals surface area (Å²) in [5.74, 6) is -0.873. The molecule has 0 aliphatic heterocycles. The molecule has 5 nitrogen and oxygen atoms in total. The summed E-state index contributed by atoms with van der Waals surface area (Å²) in [6, 6.07) is 18.0. The first-order valence-electron chi connectivity index (χ1n) is 9.37. The van der Waals surface area contributed by atoms with Gasteiger partial charge in [0.2, 0.25) is 0 Å². The predicted molar refractivity (Wildman–Crippen MR) is 117 cm³/mol. The summed E-state index contributed by atoms with van der Waals surface area (Å²) in [7, 11) is 0. The van der Waals surface area contributed by atoms with Crippen LogP contribution in [0.25, 0.3) is 21.9 Å². The van der Waals surface area contributed by atoms with Crippen molar-refractivity contribution in [2.45, 2.75) is 26.8 Å². The highest BCUT2D eigenvalue weighted by atomic mass is 32.1. The van der Waals surface area contributed by atoms with E-state index in [4.69, 9.17) is 0 Å². The molecule has 0 fully saturated rings. The van der Waals surface area contributed by atoms with Gasteiger partial charge in [0.1, 0.15) is 5.01 Å². The van der Waals surface area contributed by atoms with Crippen LogP contribution in [0.2, 0.25) is 0 Å². The third-order valence-corrected chi connectivity index (χ3v) is 5.95. The highest BCUT2D eigenvalue weighted by Crippen LogP contribution is 2.31. The van der Waals surface area contributed by atoms with E-state index < -0.39 is 5.97 Å². The van der Waals surface area contributed by atoms with Crippen molar-refractivity contribution < 1.29 is 9.90 Å². The van der Waals surface area contributed by atoms with Crippen LogP contribution >= 0.6 is 11.3 Å². The molecule has 4 rings (SSSR count). The highest BCUT2D eigenvalue weighted by molar-refractivity contribution is 7.19. The molecule has 29 heavy (non-hydrogen) atoms. The topological polar surface area (TPSA) is 68.0 Å². The number of thiazole rings is 1. The third kappa shape index (κ3) is 4.12. The average molecular weight is 404 g/mol. The van der Waals surface area contributed by atoms with Gasteiger partial charge in [0.25, 0.3) is 0 Å². The van der Waals surface area contributed by atoms with E-state index in [0.717, 1.165) is 32.2 Å². The zero-order chi connectivity index (χ0) is 20.4. The summed E-state index contributed by atoms with van der Waals surface area (Å²) in [5.41, 5.74) is 5.60. The van der Waals surface area contributed by atoms with Gasteiger partial charge in [-0.05, 0) is 43.2 Å². The number of aliphatic carboxylic acids is 1. The van der Waals surface area contributed by atoms with Crippen LogP contribution in [0.15, 0.2) is 54.6 Å². The molecule has 2 heterocycles. The molecule has 0 spiro atoms. The number of fused-ring (bicyclic) bond motifs is 1. The summed E-state index contributed by atoms with van der Waals surface area (Å²) in [6.45, 7) is 4.65. The molecular formula is C23H21N3O2S. The number of hydrogen-bond acceptors (Lipinski definition) is 4. The maximum atomic E-state index is 11.5. The van der Waals surface area contributed by atoms with Crippen LogP contribution in [0, 0.1) is 13.8 Å². The van der Waals surface area contributed by atoms with Crippen LogP contribution in [-0.4, -0.2) is 25.8 Å². The Morgan fingerprint density at radius 2 is 1.83 bits per heavy atom. The Kier molecular flexibility index (Phi) is 5.27. The van der Waals surface area contributed by atoms with Crippen LogP contribution in [0.4, 0.5) is 0 Å². The fourth-order valence-electron chi connectivity index (χ4n) is 3.37. The highest BCUT2D eigenvalue weighted by Gasteiger charge is 2.16. The van der Waals surface area contributed by atoms with Crippen molar-refractivity contribution in [3.63, 3.8) is 0 Å². The quantitative estimate of drug-likeness (QED) is 0.482. The maximum Gasteiger partial charge on any atom is 0.307 e. The number of carbonyl (C=O) groups is 1. The summed E-state index contributed by atoms with van der Waals surface area (Å²) < 4.78 is 3.01. The van der Waals surface area contributed by atoms with Crippen molar-refractivity contribution >= 4 is 39.2 Å². The first kappa shape index (κ1) is 19.1. The monoisotopic (exact) mass is 403 g/mol. The van der Waals surface area contributed by atoms with Gasteiger partial charge in [0.05, 0.1) is 28.9 Å². The number of rotatable bonds is 6. The Bertz CT molecular complexity index is 1170. The zero-order valence-electron chi connectivity index (χ0n) is 16.3. The van der Waals surface area contributed by atoms with Crippen molar-refractivity contribution in [1.29, 1.82) is 0 Å². The molecule has 0 radical (unpaired) electrons. The minimum absolute atomic E-state index is 0.0808. The van der Waals surface area contributed by atoms with E-state index in [1.807, 2.05) is 67.1 Å². The predicted octanol–water partition coefficient (Wildman–Crippen LogP) is 5.17. The van der Waals surface area contributed by atoms with E-state index in [2.05, 4.69) is 22.2 Å². The van der Waals surface area contributed by atoms with Gasteiger partial charge in [-0.25, -0.2) is 4.98 Å². The molecule has 4 aromatic rings. The standard InChI is InChI=1S/C23H21N3O2S/c1-15-19(16(2)26(25-15)14-17-8-4-3-5-9-17)12-18(13-22(27)28)23-24-20-10-6-7-11-21(20)29-23/h3-12H,13-14H2,1-2H3,(H,27,28)/b18-12+. The Hall–Kier alpha value is -3.25.